The molecule has 13 heteroatoms. The number of carbonyl (C=O) groups is 6. The van der Waals surface area contributed by atoms with E-state index in [9.17, 15) is 54.3 Å². The number of rotatable bonds is 15. The fourth-order valence-electron chi connectivity index (χ4n) is 7.17. The summed E-state index contributed by atoms with van der Waals surface area (Å²) >= 11 is 0. The summed E-state index contributed by atoms with van der Waals surface area (Å²) < 4.78 is 10.8. The molecule has 1 fully saturated rings. The molecule has 1 unspecified atom stereocenters. The highest BCUT2D eigenvalue weighted by Gasteiger charge is 2.64. The fourth-order valence-corrected chi connectivity index (χ4v) is 7.17. The van der Waals surface area contributed by atoms with E-state index in [1.165, 1.54) is 30.4 Å². The maximum absolute atomic E-state index is 13.9. The lowest BCUT2D eigenvalue weighted by atomic mass is 9.55. The highest BCUT2D eigenvalue weighted by atomic mass is 16.5. The molecule has 0 spiro atoms. The maximum Gasteiger partial charge on any atom is 0.309 e. The van der Waals surface area contributed by atoms with Crippen molar-refractivity contribution in [3.63, 3.8) is 0 Å². The van der Waals surface area contributed by atoms with Crippen molar-refractivity contribution in [3.8, 4) is 5.75 Å². The van der Waals surface area contributed by atoms with Crippen LogP contribution in [0.1, 0.15) is 81.9 Å². The number of aliphatic hydroxyl groups excluding tert-OH is 3. The standard InChI is InChI=1S/C39H44O13/c1-6-9-23(41)15-16-38(5,18-51-27(43)10-7-2)19-52-28(44)12-8-11-22-13-14-24-20(3)29-32(35(47)31(24)33(22)45)37(49)39(50)25(34(29)46)17-26(42)30(21(4)40)36(39)48/h6-8,11,13-14,20,25,29,34,45-48,50H,1-2,9-10,12,15-19H2,3-5H3/b11-8+/t20-,25+,29+,34+,38?,39+/m0/s1. The number of hydrogen-bond donors (Lipinski definition) is 5. The Morgan fingerprint density at radius 1 is 1.00 bits per heavy atom. The van der Waals surface area contributed by atoms with Crippen molar-refractivity contribution in [2.45, 2.75) is 76.9 Å². The van der Waals surface area contributed by atoms with Gasteiger partial charge in [0, 0.05) is 47.6 Å². The highest BCUT2D eigenvalue weighted by molar-refractivity contribution is 6.23. The minimum Gasteiger partial charge on any atom is -0.508 e. The summed E-state index contributed by atoms with van der Waals surface area (Å²) in [6.07, 6.45) is 3.79. The number of Topliss-reactive ketones (excluding diaryl/α,β-unsaturated/α-hetero) is 4. The van der Waals surface area contributed by atoms with E-state index in [-0.39, 0.29) is 62.2 Å². The largest absolute Gasteiger partial charge is 0.508 e. The average Bonchev–Trinajstić information content (AvgIpc) is 3.08. The van der Waals surface area contributed by atoms with Crippen LogP contribution < -0.4 is 0 Å². The molecule has 0 aliphatic heterocycles. The van der Waals surface area contributed by atoms with Crippen molar-refractivity contribution in [2.75, 3.05) is 13.2 Å². The van der Waals surface area contributed by atoms with Crippen molar-refractivity contribution in [1.29, 1.82) is 0 Å². The summed E-state index contributed by atoms with van der Waals surface area (Å²) in [5, 5.41) is 56.5. The van der Waals surface area contributed by atoms with Gasteiger partial charge < -0.3 is 35.0 Å². The monoisotopic (exact) mass is 720 g/mol. The Labute approximate surface area is 300 Å². The average molecular weight is 721 g/mol. The summed E-state index contributed by atoms with van der Waals surface area (Å²) in [6, 6.07) is 3.07. The van der Waals surface area contributed by atoms with E-state index in [2.05, 4.69) is 13.2 Å². The lowest BCUT2D eigenvalue weighted by Crippen LogP contribution is -2.63. The van der Waals surface area contributed by atoms with Gasteiger partial charge in [0.1, 0.15) is 28.6 Å². The fraction of sp³-hybridized carbons (Fsp3) is 0.436. The van der Waals surface area contributed by atoms with Crippen LogP contribution in [-0.4, -0.2) is 85.5 Å². The minimum absolute atomic E-state index is 0.00797. The summed E-state index contributed by atoms with van der Waals surface area (Å²) in [5.74, 6) is -9.95. The van der Waals surface area contributed by atoms with Gasteiger partial charge in [0.25, 0.3) is 0 Å². The zero-order valence-electron chi connectivity index (χ0n) is 29.3. The second-order valence-electron chi connectivity index (χ2n) is 13.9. The molecular formula is C39H44O13. The van der Waals surface area contributed by atoms with Crippen LogP contribution in [0.2, 0.25) is 0 Å². The Morgan fingerprint density at radius 3 is 2.21 bits per heavy atom. The maximum atomic E-state index is 13.9. The molecule has 0 aromatic heterocycles. The van der Waals surface area contributed by atoms with Crippen molar-refractivity contribution >= 4 is 46.9 Å². The van der Waals surface area contributed by atoms with E-state index in [0.717, 1.165) is 6.92 Å². The zero-order chi connectivity index (χ0) is 38.7. The van der Waals surface area contributed by atoms with Gasteiger partial charge in [-0.15, -0.1) is 13.2 Å². The lowest BCUT2D eigenvalue weighted by molar-refractivity contribution is -0.160. The molecule has 1 aromatic rings. The second kappa shape index (κ2) is 15.6. The third-order valence-corrected chi connectivity index (χ3v) is 10.1. The Bertz CT molecular complexity index is 1790. The van der Waals surface area contributed by atoms with Gasteiger partial charge in [0.05, 0.1) is 37.7 Å². The van der Waals surface area contributed by atoms with Crippen LogP contribution in [0.15, 0.2) is 60.4 Å². The van der Waals surface area contributed by atoms with Gasteiger partial charge in [-0.25, -0.2) is 0 Å². The predicted octanol–water partition coefficient (Wildman–Crippen LogP) is 4.06. The first-order valence-corrected chi connectivity index (χ1v) is 16.9. The number of ketones is 4. The summed E-state index contributed by atoms with van der Waals surface area (Å²) in [7, 11) is 0. The van der Waals surface area contributed by atoms with Crippen LogP contribution >= 0.6 is 0 Å². The zero-order valence-corrected chi connectivity index (χ0v) is 29.3. The summed E-state index contributed by atoms with van der Waals surface area (Å²) in [5.41, 5.74) is -4.65. The lowest BCUT2D eigenvalue weighted by Gasteiger charge is -2.50. The Hall–Kier alpha value is -5.14. The predicted molar refractivity (Wildman–Crippen MR) is 187 cm³/mol. The first kappa shape index (κ1) is 39.6. The van der Waals surface area contributed by atoms with Crippen LogP contribution in [0, 0.1) is 17.3 Å². The molecule has 0 amide bonds. The normalized spacial score (nSPS) is 25.1. The number of phenols is 1. The number of ether oxygens (including phenoxy) is 2. The summed E-state index contributed by atoms with van der Waals surface area (Å²) in [6.45, 7) is 11.1. The van der Waals surface area contributed by atoms with Gasteiger partial charge in [-0.3, -0.25) is 28.8 Å². The number of carbonyl (C=O) groups excluding carboxylic acids is 6. The molecule has 13 nitrogen and oxygen atoms in total. The number of aromatic hydroxyl groups is 1. The first-order chi connectivity index (χ1) is 24.4. The molecule has 1 aromatic carbocycles. The van der Waals surface area contributed by atoms with Crippen LogP contribution in [0.25, 0.3) is 11.8 Å². The molecule has 5 N–H and O–H groups in total. The number of allylic oxidation sites excluding steroid dienone is 2. The van der Waals surface area contributed by atoms with Crippen LogP contribution in [0.4, 0.5) is 0 Å². The quantitative estimate of drug-likeness (QED) is 0.0981. The van der Waals surface area contributed by atoms with Gasteiger partial charge in [-0.2, -0.15) is 0 Å². The van der Waals surface area contributed by atoms with Crippen molar-refractivity contribution < 1.29 is 63.8 Å². The number of hydrogen-bond acceptors (Lipinski definition) is 13. The van der Waals surface area contributed by atoms with Gasteiger partial charge in [-0.1, -0.05) is 50.3 Å². The Morgan fingerprint density at radius 2 is 1.62 bits per heavy atom. The van der Waals surface area contributed by atoms with E-state index >= 15 is 0 Å². The third kappa shape index (κ3) is 7.42. The molecule has 6 atom stereocenters. The third-order valence-electron chi connectivity index (χ3n) is 10.1. The van der Waals surface area contributed by atoms with E-state index in [4.69, 9.17) is 9.47 Å². The first-order valence-electron chi connectivity index (χ1n) is 16.9. The van der Waals surface area contributed by atoms with Gasteiger partial charge in [0.2, 0.25) is 5.78 Å². The SMILES string of the molecule is C=CCC(=O)CCC(C)(COC(=O)CC=C)COC(=O)C/C=C/c1ccc2c(c1O)C(O)=C1C(=O)[C@]3(O)C(O)=C(C(C)=O)C(=O)C[C@@H]3[C@@H](O)[C@@H]1[C@H]2C. The number of fused-ring (bicyclic) bond motifs is 3. The van der Waals surface area contributed by atoms with Crippen molar-refractivity contribution in [2.24, 2.45) is 17.3 Å². The highest BCUT2D eigenvalue weighted by Crippen LogP contribution is 2.56. The van der Waals surface area contributed by atoms with E-state index in [0.29, 0.717) is 5.56 Å². The van der Waals surface area contributed by atoms with Gasteiger partial charge in [0.15, 0.2) is 17.2 Å². The molecule has 3 aliphatic carbocycles. The summed E-state index contributed by atoms with van der Waals surface area (Å²) in [4.78, 5) is 75.5. The number of phenolic OH excluding ortho intramolecular Hbond substituents is 1. The second-order valence-corrected chi connectivity index (χ2v) is 13.9. The van der Waals surface area contributed by atoms with Crippen molar-refractivity contribution in [3.05, 3.63) is 77.1 Å². The van der Waals surface area contributed by atoms with E-state index in [1.54, 1.807) is 19.9 Å². The van der Waals surface area contributed by atoms with Gasteiger partial charge in [-0.05, 0) is 24.8 Å². The minimum atomic E-state index is -2.87. The molecular weight excluding hydrogens is 676 g/mol. The number of benzene rings is 1. The topological polar surface area (TPSA) is 222 Å². The van der Waals surface area contributed by atoms with Crippen LogP contribution in [0.5, 0.6) is 5.75 Å². The Kier molecular flexibility index (Phi) is 11.9. The molecule has 0 bridgehead atoms. The molecule has 278 valence electrons. The van der Waals surface area contributed by atoms with Crippen molar-refractivity contribution in [1.82, 2.24) is 0 Å². The molecule has 3 aliphatic rings. The molecule has 0 saturated heterocycles. The molecule has 0 radical (unpaired) electrons. The van der Waals surface area contributed by atoms with Crippen LogP contribution in [0.3, 0.4) is 0 Å². The molecule has 4 rings (SSSR count). The molecule has 0 heterocycles. The van der Waals surface area contributed by atoms with Gasteiger partial charge >= 0.3 is 11.9 Å². The molecule has 52 heavy (non-hydrogen) atoms. The van der Waals surface area contributed by atoms with Crippen LogP contribution in [-0.2, 0) is 38.2 Å². The number of esters is 2. The molecule has 1 saturated carbocycles. The van der Waals surface area contributed by atoms with E-state index in [1.807, 2.05) is 0 Å². The Balaban J connectivity index is 1.56. The smallest absolute Gasteiger partial charge is 0.309 e. The number of aliphatic hydroxyl groups is 4. The van der Waals surface area contributed by atoms with E-state index < -0.39 is 99.0 Å².